The Balaban J connectivity index is 1.77. The topological polar surface area (TPSA) is 12.0 Å². The third-order valence-electron chi connectivity index (χ3n) is 4.66. The normalized spacial score (nSPS) is 10.9. The molecule has 0 aliphatic heterocycles. The smallest absolute Gasteiger partial charge is 0.0340 e. The minimum absolute atomic E-state index is 1.11. The summed E-state index contributed by atoms with van der Waals surface area (Å²) in [5.41, 5.74) is 2.59. The summed E-state index contributed by atoms with van der Waals surface area (Å²) in [4.78, 5) is 0. The van der Waals surface area contributed by atoms with E-state index in [9.17, 15) is 0 Å². The van der Waals surface area contributed by atoms with Crippen LogP contribution in [-0.4, -0.2) is 6.54 Å². The summed E-state index contributed by atoms with van der Waals surface area (Å²) < 4.78 is 0. The van der Waals surface area contributed by atoms with Crippen molar-refractivity contribution in [1.29, 1.82) is 0 Å². The van der Waals surface area contributed by atoms with Gasteiger partial charge in [-0.05, 0) is 25.5 Å². The van der Waals surface area contributed by atoms with E-state index >= 15 is 0 Å². The highest BCUT2D eigenvalue weighted by Crippen LogP contribution is 2.13. The van der Waals surface area contributed by atoms with Gasteiger partial charge in [-0.15, -0.1) is 0 Å². The Morgan fingerprint density at radius 3 is 1.52 bits per heavy atom. The van der Waals surface area contributed by atoms with E-state index in [1.807, 2.05) is 0 Å². The van der Waals surface area contributed by atoms with Crippen LogP contribution in [0.15, 0.2) is 24.3 Å². The molecular formula is C22H39N. The number of hydrogen-bond acceptors (Lipinski definition) is 1. The van der Waals surface area contributed by atoms with Crippen LogP contribution < -0.4 is 5.32 Å². The largest absolute Gasteiger partial charge is 0.385 e. The molecule has 1 heteroatoms. The number of anilines is 1. The van der Waals surface area contributed by atoms with Crippen LogP contribution in [0.25, 0.3) is 0 Å². The highest BCUT2D eigenvalue weighted by atomic mass is 14.9. The molecule has 1 aromatic rings. The predicted molar refractivity (Wildman–Crippen MR) is 105 cm³/mol. The molecule has 0 fully saturated rings. The lowest BCUT2D eigenvalue weighted by atomic mass is 10.0. The molecule has 0 aliphatic carbocycles. The fraction of sp³-hybridized carbons (Fsp3) is 0.727. The fourth-order valence-corrected chi connectivity index (χ4v) is 3.05. The van der Waals surface area contributed by atoms with Crippen LogP contribution in [-0.2, 0) is 0 Å². The first-order chi connectivity index (χ1) is 11.3. The highest BCUT2D eigenvalue weighted by molar-refractivity contribution is 5.44. The first-order valence-corrected chi connectivity index (χ1v) is 10.1. The quantitative estimate of drug-likeness (QED) is 0.330. The van der Waals surface area contributed by atoms with Gasteiger partial charge < -0.3 is 5.32 Å². The summed E-state index contributed by atoms with van der Waals surface area (Å²) in [7, 11) is 0. The zero-order valence-corrected chi connectivity index (χ0v) is 15.7. The van der Waals surface area contributed by atoms with E-state index in [4.69, 9.17) is 0 Å². The molecule has 1 aromatic carbocycles. The van der Waals surface area contributed by atoms with E-state index in [0.29, 0.717) is 0 Å². The summed E-state index contributed by atoms with van der Waals surface area (Å²) in [6.45, 7) is 5.54. The molecule has 1 N–H and O–H groups in total. The molecule has 0 radical (unpaired) electrons. The van der Waals surface area contributed by atoms with Gasteiger partial charge in [0.15, 0.2) is 0 Å². The molecule has 132 valence electrons. The maximum Gasteiger partial charge on any atom is 0.0340 e. The average molecular weight is 318 g/mol. The van der Waals surface area contributed by atoms with Gasteiger partial charge in [-0.25, -0.2) is 0 Å². The molecule has 0 aliphatic rings. The van der Waals surface area contributed by atoms with Crippen molar-refractivity contribution in [3.05, 3.63) is 29.8 Å². The monoisotopic (exact) mass is 317 g/mol. The van der Waals surface area contributed by atoms with Crippen LogP contribution in [0.5, 0.6) is 0 Å². The van der Waals surface area contributed by atoms with Crippen molar-refractivity contribution < 1.29 is 0 Å². The van der Waals surface area contributed by atoms with Gasteiger partial charge in [0.25, 0.3) is 0 Å². The zero-order valence-electron chi connectivity index (χ0n) is 15.7. The predicted octanol–water partition coefficient (Wildman–Crippen LogP) is 7.50. The van der Waals surface area contributed by atoms with E-state index in [1.54, 1.807) is 0 Å². The van der Waals surface area contributed by atoms with Crippen molar-refractivity contribution in [1.82, 2.24) is 0 Å². The molecule has 0 bridgehead atoms. The fourth-order valence-electron chi connectivity index (χ4n) is 3.05. The number of unbranched alkanes of at least 4 members (excludes halogenated alkanes) is 12. The van der Waals surface area contributed by atoms with E-state index in [1.165, 1.54) is 94.7 Å². The average Bonchev–Trinajstić information content (AvgIpc) is 2.57. The second-order valence-electron chi connectivity index (χ2n) is 7.04. The lowest BCUT2D eigenvalue weighted by Gasteiger charge is -2.06. The highest BCUT2D eigenvalue weighted by Gasteiger charge is 1.94. The van der Waals surface area contributed by atoms with Crippen molar-refractivity contribution in [3.8, 4) is 0 Å². The lowest BCUT2D eigenvalue weighted by molar-refractivity contribution is 0.541. The van der Waals surface area contributed by atoms with Crippen molar-refractivity contribution in [2.24, 2.45) is 0 Å². The van der Waals surface area contributed by atoms with Crippen LogP contribution in [0, 0.1) is 6.92 Å². The van der Waals surface area contributed by atoms with Crippen molar-refractivity contribution >= 4 is 5.69 Å². The van der Waals surface area contributed by atoms with E-state index in [-0.39, 0.29) is 0 Å². The van der Waals surface area contributed by atoms with Gasteiger partial charge in [0.1, 0.15) is 0 Å². The van der Waals surface area contributed by atoms with Crippen molar-refractivity contribution in [2.75, 3.05) is 11.9 Å². The standard InChI is InChI=1S/C22H39N/c1-3-4-5-6-7-8-9-10-11-12-13-14-15-20-23-22-18-16-21(2)17-19-22/h16-19,23H,3-15,20H2,1-2H3. The van der Waals surface area contributed by atoms with Gasteiger partial charge >= 0.3 is 0 Å². The van der Waals surface area contributed by atoms with E-state index < -0.39 is 0 Å². The van der Waals surface area contributed by atoms with Gasteiger partial charge in [-0.2, -0.15) is 0 Å². The van der Waals surface area contributed by atoms with Crippen LogP contribution in [0.2, 0.25) is 0 Å². The number of hydrogen-bond donors (Lipinski definition) is 1. The number of benzene rings is 1. The van der Waals surface area contributed by atoms with Crippen molar-refractivity contribution in [2.45, 2.75) is 97.3 Å². The van der Waals surface area contributed by atoms with Gasteiger partial charge in [0, 0.05) is 12.2 Å². The van der Waals surface area contributed by atoms with Gasteiger partial charge in [-0.3, -0.25) is 0 Å². The first kappa shape index (κ1) is 20.1. The molecule has 0 saturated carbocycles. The van der Waals surface area contributed by atoms with Gasteiger partial charge in [0.2, 0.25) is 0 Å². The van der Waals surface area contributed by atoms with E-state index in [0.717, 1.165) is 6.54 Å². The molecule has 0 saturated heterocycles. The first-order valence-electron chi connectivity index (χ1n) is 10.1. The number of rotatable bonds is 15. The molecule has 1 nitrogen and oxygen atoms in total. The molecule has 23 heavy (non-hydrogen) atoms. The Morgan fingerprint density at radius 1 is 0.609 bits per heavy atom. The summed E-state index contributed by atoms with van der Waals surface area (Å²) in [6, 6.07) is 8.70. The van der Waals surface area contributed by atoms with Gasteiger partial charge in [0.05, 0.1) is 0 Å². The Kier molecular flexibility index (Phi) is 12.7. The second-order valence-corrected chi connectivity index (χ2v) is 7.04. The second kappa shape index (κ2) is 14.6. The zero-order chi connectivity index (χ0) is 16.6. The van der Waals surface area contributed by atoms with E-state index in [2.05, 4.69) is 43.4 Å². The Labute approximate surface area is 145 Å². The van der Waals surface area contributed by atoms with Crippen LogP contribution in [0.4, 0.5) is 5.69 Å². The lowest BCUT2D eigenvalue weighted by Crippen LogP contribution is -2.01. The molecule has 0 aromatic heterocycles. The maximum atomic E-state index is 3.51. The molecule has 0 heterocycles. The summed E-state index contributed by atoms with van der Waals surface area (Å²) in [6.07, 6.45) is 18.5. The number of nitrogens with one attached hydrogen (secondary N) is 1. The SMILES string of the molecule is CCCCCCCCCCCCCCCNc1ccc(C)cc1. The Morgan fingerprint density at radius 2 is 1.04 bits per heavy atom. The summed E-state index contributed by atoms with van der Waals surface area (Å²) >= 11 is 0. The van der Waals surface area contributed by atoms with Crippen LogP contribution in [0.1, 0.15) is 96.0 Å². The third kappa shape index (κ3) is 12.1. The maximum absolute atomic E-state index is 3.51. The molecule has 0 spiro atoms. The summed E-state index contributed by atoms with van der Waals surface area (Å²) in [5.74, 6) is 0. The molecule has 1 rings (SSSR count). The van der Waals surface area contributed by atoms with Crippen LogP contribution >= 0.6 is 0 Å². The Hall–Kier alpha value is -0.980. The minimum atomic E-state index is 1.11. The summed E-state index contributed by atoms with van der Waals surface area (Å²) in [5, 5.41) is 3.51. The van der Waals surface area contributed by atoms with Crippen molar-refractivity contribution in [3.63, 3.8) is 0 Å². The third-order valence-corrected chi connectivity index (χ3v) is 4.66. The molecular weight excluding hydrogens is 278 g/mol. The molecule has 0 atom stereocenters. The number of aryl methyl sites for hydroxylation is 1. The molecule has 0 amide bonds. The van der Waals surface area contributed by atoms with Crippen LogP contribution in [0.3, 0.4) is 0 Å². The minimum Gasteiger partial charge on any atom is -0.385 e. The van der Waals surface area contributed by atoms with Gasteiger partial charge in [-0.1, -0.05) is 102 Å². The Bertz CT molecular complexity index is 355. The molecule has 0 unspecified atom stereocenters.